The van der Waals surface area contributed by atoms with E-state index < -0.39 is 0 Å². The smallest absolute Gasteiger partial charge is 0.141 e. The molecule has 0 amide bonds. The van der Waals surface area contributed by atoms with Gasteiger partial charge in [0.25, 0.3) is 0 Å². The normalized spacial score (nSPS) is 12.7. The molecule has 0 spiro atoms. The van der Waals surface area contributed by atoms with Gasteiger partial charge in [-0.25, -0.2) is 9.37 Å². The highest BCUT2D eigenvalue weighted by atomic mass is 19.1. The summed E-state index contributed by atoms with van der Waals surface area (Å²) in [6, 6.07) is 5.54. The maximum absolute atomic E-state index is 13.3. The molecule has 0 aromatic carbocycles. The van der Waals surface area contributed by atoms with Gasteiger partial charge in [0, 0.05) is 30.0 Å². The Labute approximate surface area is 122 Å². The summed E-state index contributed by atoms with van der Waals surface area (Å²) in [7, 11) is 0. The lowest BCUT2D eigenvalue weighted by atomic mass is 10.1. The Morgan fingerprint density at radius 1 is 1.38 bits per heavy atom. The highest BCUT2D eigenvalue weighted by Crippen LogP contribution is 2.21. The van der Waals surface area contributed by atoms with Crippen molar-refractivity contribution in [3.05, 3.63) is 59.9 Å². The van der Waals surface area contributed by atoms with E-state index in [0.29, 0.717) is 6.54 Å². The summed E-state index contributed by atoms with van der Waals surface area (Å²) in [5.74, 6) is -0.326. The first-order valence-corrected chi connectivity index (χ1v) is 6.91. The number of halogens is 1. The van der Waals surface area contributed by atoms with Crippen molar-refractivity contribution >= 4 is 11.0 Å². The lowest BCUT2D eigenvalue weighted by Gasteiger charge is -2.04. The number of rotatable bonds is 4. The molecule has 5 heteroatoms. The van der Waals surface area contributed by atoms with E-state index >= 15 is 0 Å². The summed E-state index contributed by atoms with van der Waals surface area (Å²) in [6.45, 7) is 2.52. The van der Waals surface area contributed by atoms with Crippen LogP contribution in [0.5, 0.6) is 0 Å². The number of aromatic nitrogens is 3. The van der Waals surface area contributed by atoms with Gasteiger partial charge in [-0.2, -0.15) is 0 Å². The molecule has 1 atom stereocenters. The van der Waals surface area contributed by atoms with E-state index in [4.69, 9.17) is 5.73 Å². The monoisotopic (exact) mass is 284 g/mol. The van der Waals surface area contributed by atoms with Gasteiger partial charge in [-0.3, -0.25) is 4.98 Å². The van der Waals surface area contributed by atoms with Gasteiger partial charge in [-0.05, 0) is 42.7 Å². The third kappa shape index (κ3) is 2.92. The first kappa shape index (κ1) is 13.7. The van der Waals surface area contributed by atoms with Crippen LogP contribution in [-0.2, 0) is 13.0 Å². The third-order valence-electron chi connectivity index (χ3n) is 3.37. The number of hydrogen-bond acceptors (Lipinski definition) is 3. The van der Waals surface area contributed by atoms with Crippen LogP contribution in [0.3, 0.4) is 0 Å². The van der Waals surface area contributed by atoms with Crippen LogP contribution in [0.4, 0.5) is 4.39 Å². The molecule has 21 heavy (non-hydrogen) atoms. The van der Waals surface area contributed by atoms with Crippen LogP contribution in [0.2, 0.25) is 0 Å². The molecule has 0 aliphatic rings. The molecule has 3 heterocycles. The fourth-order valence-electron chi connectivity index (χ4n) is 2.56. The molecule has 2 N–H and O–H groups in total. The van der Waals surface area contributed by atoms with Gasteiger partial charge in [-0.1, -0.05) is 0 Å². The lowest BCUT2D eigenvalue weighted by molar-refractivity contribution is 0.616. The van der Waals surface area contributed by atoms with E-state index in [1.54, 1.807) is 12.4 Å². The maximum atomic E-state index is 13.3. The quantitative estimate of drug-likeness (QED) is 0.801. The van der Waals surface area contributed by atoms with Gasteiger partial charge in [0.1, 0.15) is 11.5 Å². The Balaban J connectivity index is 2.02. The second-order valence-electron chi connectivity index (χ2n) is 5.35. The Morgan fingerprint density at radius 2 is 2.24 bits per heavy atom. The maximum Gasteiger partial charge on any atom is 0.141 e. The van der Waals surface area contributed by atoms with Crippen LogP contribution < -0.4 is 5.73 Å². The molecule has 0 aliphatic heterocycles. The van der Waals surface area contributed by atoms with Crippen LogP contribution in [0.15, 0.2) is 43.0 Å². The topological polar surface area (TPSA) is 56.7 Å². The Kier molecular flexibility index (Phi) is 3.66. The molecule has 3 aromatic rings. The standard InChI is InChI=1S/C16H17FN4/c1-11(18)5-13-10-21(16-15(13)3-2-4-20-16)9-12-6-14(17)8-19-7-12/h2-4,6-8,10-11H,5,9,18H2,1H3. The van der Waals surface area contributed by atoms with E-state index in [2.05, 4.69) is 9.97 Å². The fraction of sp³-hybridized carbons (Fsp3) is 0.250. The molecule has 1 unspecified atom stereocenters. The predicted molar refractivity (Wildman–Crippen MR) is 80.4 cm³/mol. The molecule has 0 saturated carbocycles. The summed E-state index contributed by atoms with van der Waals surface area (Å²) >= 11 is 0. The molecular formula is C16H17FN4. The minimum atomic E-state index is -0.326. The summed E-state index contributed by atoms with van der Waals surface area (Å²) in [4.78, 5) is 8.32. The zero-order valence-corrected chi connectivity index (χ0v) is 11.8. The van der Waals surface area contributed by atoms with Crippen molar-refractivity contribution < 1.29 is 4.39 Å². The lowest BCUT2D eigenvalue weighted by Crippen LogP contribution is -2.17. The van der Waals surface area contributed by atoms with Crippen molar-refractivity contribution in [2.45, 2.75) is 25.9 Å². The number of pyridine rings is 2. The summed E-state index contributed by atoms with van der Waals surface area (Å²) < 4.78 is 15.3. The molecule has 0 bridgehead atoms. The van der Waals surface area contributed by atoms with Crippen LogP contribution >= 0.6 is 0 Å². The van der Waals surface area contributed by atoms with Gasteiger partial charge in [0.2, 0.25) is 0 Å². The molecule has 0 radical (unpaired) electrons. The molecule has 0 fully saturated rings. The van der Waals surface area contributed by atoms with Crippen LogP contribution in [0, 0.1) is 5.82 Å². The minimum Gasteiger partial charge on any atom is -0.328 e. The van der Waals surface area contributed by atoms with E-state index in [1.165, 1.54) is 12.3 Å². The second-order valence-corrected chi connectivity index (χ2v) is 5.35. The van der Waals surface area contributed by atoms with E-state index in [1.807, 2.05) is 29.8 Å². The molecular weight excluding hydrogens is 267 g/mol. The first-order chi connectivity index (χ1) is 10.1. The summed E-state index contributed by atoms with van der Waals surface area (Å²) in [6.07, 6.45) is 7.47. The number of hydrogen-bond donors (Lipinski definition) is 1. The van der Waals surface area contributed by atoms with Crippen molar-refractivity contribution in [2.24, 2.45) is 5.73 Å². The number of nitrogens with zero attached hydrogens (tertiary/aromatic N) is 3. The highest BCUT2D eigenvalue weighted by Gasteiger charge is 2.11. The molecule has 3 aromatic heterocycles. The van der Waals surface area contributed by atoms with Crippen molar-refractivity contribution in [2.75, 3.05) is 0 Å². The Hall–Kier alpha value is -2.27. The van der Waals surface area contributed by atoms with E-state index in [-0.39, 0.29) is 11.9 Å². The van der Waals surface area contributed by atoms with Crippen molar-refractivity contribution in [3.63, 3.8) is 0 Å². The van der Waals surface area contributed by atoms with Gasteiger partial charge in [0.05, 0.1) is 12.7 Å². The largest absolute Gasteiger partial charge is 0.328 e. The predicted octanol–water partition coefficient (Wildman–Crippen LogP) is 2.51. The van der Waals surface area contributed by atoms with Crippen LogP contribution in [0.1, 0.15) is 18.1 Å². The van der Waals surface area contributed by atoms with Crippen LogP contribution in [0.25, 0.3) is 11.0 Å². The Bertz CT molecular complexity index is 764. The third-order valence-corrected chi connectivity index (χ3v) is 3.37. The summed E-state index contributed by atoms with van der Waals surface area (Å²) in [5, 5.41) is 1.10. The van der Waals surface area contributed by atoms with Crippen molar-refractivity contribution in [1.82, 2.24) is 14.5 Å². The molecule has 4 nitrogen and oxygen atoms in total. The average molecular weight is 284 g/mol. The van der Waals surface area contributed by atoms with Crippen LogP contribution in [-0.4, -0.2) is 20.6 Å². The SMILES string of the molecule is CC(N)Cc1cn(Cc2cncc(F)c2)c2ncccc12. The van der Waals surface area contributed by atoms with Crippen molar-refractivity contribution in [3.8, 4) is 0 Å². The Morgan fingerprint density at radius 3 is 3.00 bits per heavy atom. The van der Waals surface area contributed by atoms with Gasteiger partial charge < -0.3 is 10.3 Å². The fourth-order valence-corrected chi connectivity index (χ4v) is 2.56. The van der Waals surface area contributed by atoms with Crippen molar-refractivity contribution in [1.29, 1.82) is 0 Å². The van der Waals surface area contributed by atoms with Gasteiger partial charge >= 0.3 is 0 Å². The molecule has 0 saturated heterocycles. The zero-order chi connectivity index (χ0) is 14.8. The van der Waals surface area contributed by atoms with Gasteiger partial charge in [-0.15, -0.1) is 0 Å². The number of nitrogens with two attached hydrogens (primary N) is 1. The highest BCUT2D eigenvalue weighted by molar-refractivity contribution is 5.80. The minimum absolute atomic E-state index is 0.0834. The average Bonchev–Trinajstić information content (AvgIpc) is 2.77. The first-order valence-electron chi connectivity index (χ1n) is 6.91. The molecule has 3 rings (SSSR count). The molecule has 0 aliphatic carbocycles. The molecule has 108 valence electrons. The summed E-state index contributed by atoms with van der Waals surface area (Å²) in [5.41, 5.74) is 8.77. The second kappa shape index (κ2) is 5.61. The van der Waals surface area contributed by atoms with E-state index in [9.17, 15) is 4.39 Å². The van der Waals surface area contributed by atoms with E-state index in [0.717, 1.165) is 28.6 Å². The zero-order valence-electron chi connectivity index (χ0n) is 11.8. The number of fused-ring (bicyclic) bond motifs is 1. The van der Waals surface area contributed by atoms with Gasteiger partial charge in [0.15, 0.2) is 0 Å².